The fourth-order valence-electron chi connectivity index (χ4n) is 2.85. The van der Waals surface area contributed by atoms with E-state index in [1.807, 2.05) is 12.2 Å². The molecule has 28 heavy (non-hydrogen) atoms. The summed E-state index contributed by atoms with van der Waals surface area (Å²) in [6.45, 7) is 0. The second-order valence-electron chi connectivity index (χ2n) is 6.25. The monoisotopic (exact) mass is 373 g/mol. The van der Waals surface area contributed by atoms with Crippen molar-refractivity contribution < 1.29 is 19.1 Å². The van der Waals surface area contributed by atoms with Crippen molar-refractivity contribution in [3.05, 3.63) is 89.7 Å². The van der Waals surface area contributed by atoms with Gasteiger partial charge in [0.25, 0.3) is 0 Å². The van der Waals surface area contributed by atoms with Crippen LogP contribution >= 0.6 is 0 Å². The van der Waals surface area contributed by atoms with Crippen LogP contribution in [0.5, 0.6) is 11.5 Å². The number of hydrogen-bond donors (Lipinski definition) is 2. The number of aromatic nitrogens is 1. The molecule has 0 aliphatic heterocycles. The normalized spacial score (nSPS) is 11.2. The highest BCUT2D eigenvalue weighted by atomic mass is 19.1. The Hall–Kier alpha value is -3.86. The van der Waals surface area contributed by atoms with Crippen molar-refractivity contribution in [3.8, 4) is 34.1 Å². The van der Waals surface area contributed by atoms with Gasteiger partial charge in [-0.2, -0.15) is 0 Å². The molecule has 0 saturated carbocycles. The first-order valence-corrected chi connectivity index (χ1v) is 8.62. The lowest BCUT2D eigenvalue weighted by Crippen LogP contribution is -1.83. The molecule has 3 aromatic carbocycles. The van der Waals surface area contributed by atoms with E-state index in [1.165, 1.54) is 12.1 Å². The van der Waals surface area contributed by atoms with Crippen molar-refractivity contribution in [2.24, 2.45) is 0 Å². The standard InChI is InChI=1S/C23H16FNO3/c24-18-8-1-15(2-9-18)3-14-21-22(16-4-10-19(26)11-5-16)25-28-23(21)17-6-12-20(27)13-7-17/h1-14,26-27H/b14-3+. The van der Waals surface area contributed by atoms with Gasteiger partial charge in [-0.15, -0.1) is 0 Å². The zero-order valence-corrected chi connectivity index (χ0v) is 14.7. The van der Waals surface area contributed by atoms with Gasteiger partial charge in [0.15, 0.2) is 5.76 Å². The third kappa shape index (κ3) is 3.64. The Morgan fingerprint density at radius 2 is 1.29 bits per heavy atom. The molecule has 1 aromatic heterocycles. The Kier molecular flexibility index (Phi) is 4.64. The minimum Gasteiger partial charge on any atom is -0.508 e. The van der Waals surface area contributed by atoms with Crippen LogP contribution < -0.4 is 0 Å². The van der Waals surface area contributed by atoms with E-state index in [9.17, 15) is 14.6 Å². The van der Waals surface area contributed by atoms with Crippen molar-refractivity contribution in [2.75, 3.05) is 0 Å². The highest BCUT2D eigenvalue weighted by molar-refractivity contribution is 5.86. The molecule has 0 aliphatic carbocycles. The molecule has 1 heterocycles. The highest BCUT2D eigenvalue weighted by Gasteiger charge is 2.17. The molecular weight excluding hydrogens is 357 g/mol. The van der Waals surface area contributed by atoms with Crippen molar-refractivity contribution in [1.29, 1.82) is 0 Å². The van der Waals surface area contributed by atoms with Crippen LogP contribution in [0.2, 0.25) is 0 Å². The predicted molar refractivity (Wildman–Crippen MR) is 106 cm³/mol. The van der Waals surface area contributed by atoms with Crippen LogP contribution in [0, 0.1) is 5.82 Å². The van der Waals surface area contributed by atoms with Crippen molar-refractivity contribution in [1.82, 2.24) is 5.16 Å². The Balaban J connectivity index is 1.81. The second kappa shape index (κ2) is 7.40. The van der Waals surface area contributed by atoms with Gasteiger partial charge in [0.05, 0.1) is 5.56 Å². The molecular formula is C23H16FNO3. The molecule has 0 spiro atoms. The number of halogens is 1. The van der Waals surface area contributed by atoms with E-state index in [0.29, 0.717) is 11.5 Å². The van der Waals surface area contributed by atoms with Gasteiger partial charge in [0.1, 0.15) is 23.0 Å². The molecule has 4 rings (SSSR count). The summed E-state index contributed by atoms with van der Waals surface area (Å²) in [6, 6.07) is 19.5. The van der Waals surface area contributed by atoms with E-state index in [2.05, 4.69) is 5.16 Å². The fraction of sp³-hybridized carbons (Fsp3) is 0. The zero-order chi connectivity index (χ0) is 19.5. The molecule has 2 N–H and O–H groups in total. The molecule has 4 aromatic rings. The van der Waals surface area contributed by atoms with Crippen LogP contribution in [0.25, 0.3) is 34.7 Å². The maximum Gasteiger partial charge on any atom is 0.174 e. The van der Waals surface area contributed by atoms with Gasteiger partial charge in [-0.3, -0.25) is 0 Å². The van der Waals surface area contributed by atoms with Crippen molar-refractivity contribution in [2.45, 2.75) is 0 Å². The summed E-state index contributed by atoms with van der Waals surface area (Å²) in [7, 11) is 0. The number of phenolic OH excluding ortho intramolecular Hbond substituents is 2. The van der Waals surface area contributed by atoms with Gasteiger partial charge >= 0.3 is 0 Å². The van der Waals surface area contributed by atoms with Gasteiger partial charge < -0.3 is 14.7 Å². The number of rotatable bonds is 4. The number of hydrogen-bond acceptors (Lipinski definition) is 4. The fourth-order valence-corrected chi connectivity index (χ4v) is 2.85. The van der Waals surface area contributed by atoms with E-state index < -0.39 is 0 Å². The summed E-state index contributed by atoms with van der Waals surface area (Å²) < 4.78 is 18.8. The molecule has 0 unspecified atom stereocenters. The van der Waals surface area contributed by atoms with Gasteiger partial charge in [0, 0.05) is 11.1 Å². The third-order valence-corrected chi connectivity index (χ3v) is 4.31. The van der Waals surface area contributed by atoms with Crippen LogP contribution in [0.15, 0.2) is 77.3 Å². The van der Waals surface area contributed by atoms with Crippen LogP contribution in [0.4, 0.5) is 4.39 Å². The SMILES string of the molecule is Oc1ccc(-c2noc(-c3ccc(O)cc3)c2/C=C/c2ccc(F)cc2)cc1. The average molecular weight is 373 g/mol. The van der Waals surface area contributed by atoms with E-state index >= 15 is 0 Å². The first-order valence-electron chi connectivity index (χ1n) is 8.62. The van der Waals surface area contributed by atoms with Crippen LogP contribution in [0.1, 0.15) is 11.1 Å². The van der Waals surface area contributed by atoms with Crippen LogP contribution in [-0.2, 0) is 0 Å². The zero-order valence-electron chi connectivity index (χ0n) is 14.7. The molecule has 4 nitrogen and oxygen atoms in total. The number of benzene rings is 3. The number of phenols is 2. The first-order chi connectivity index (χ1) is 13.6. The molecule has 0 aliphatic rings. The Labute approximate surface area is 160 Å². The third-order valence-electron chi connectivity index (χ3n) is 4.31. The number of aromatic hydroxyl groups is 2. The summed E-state index contributed by atoms with van der Waals surface area (Å²) in [6.07, 6.45) is 3.70. The van der Waals surface area contributed by atoms with Crippen molar-refractivity contribution >= 4 is 12.2 Å². The summed E-state index contributed by atoms with van der Waals surface area (Å²) in [5, 5.41) is 23.3. The first kappa shape index (κ1) is 17.5. The minimum atomic E-state index is -0.295. The Morgan fingerprint density at radius 3 is 1.89 bits per heavy atom. The van der Waals surface area contributed by atoms with Gasteiger partial charge in [-0.1, -0.05) is 23.4 Å². The second-order valence-corrected chi connectivity index (χ2v) is 6.25. The molecule has 0 radical (unpaired) electrons. The smallest absolute Gasteiger partial charge is 0.174 e. The lowest BCUT2D eigenvalue weighted by molar-refractivity contribution is 0.434. The summed E-state index contributed by atoms with van der Waals surface area (Å²) in [5.41, 5.74) is 3.72. The van der Waals surface area contributed by atoms with Crippen LogP contribution in [-0.4, -0.2) is 15.4 Å². The van der Waals surface area contributed by atoms with E-state index in [1.54, 1.807) is 60.7 Å². The molecule has 0 amide bonds. The Morgan fingerprint density at radius 1 is 0.714 bits per heavy atom. The number of nitrogens with zero attached hydrogens (tertiary/aromatic N) is 1. The van der Waals surface area contributed by atoms with Gasteiger partial charge in [-0.25, -0.2) is 4.39 Å². The molecule has 0 atom stereocenters. The minimum absolute atomic E-state index is 0.158. The van der Waals surface area contributed by atoms with E-state index in [0.717, 1.165) is 22.3 Å². The summed E-state index contributed by atoms with van der Waals surface area (Å²) in [5.74, 6) is 0.568. The largest absolute Gasteiger partial charge is 0.508 e. The lowest BCUT2D eigenvalue weighted by atomic mass is 10.0. The van der Waals surface area contributed by atoms with Crippen molar-refractivity contribution in [3.63, 3.8) is 0 Å². The lowest BCUT2D eigenvalue weighted by Gasteiger charge is -2.02. The molecule has 5 heteroatoms. The molecule has 0 fully saturated rings. The molecule has 0 saturated heterocycles. The maximum absolute atomic E-state index is 13.1. The quantitative estimate of drug-likeness (QED) is 0.479. The maximum atomic E-state index is 13.1. The summed E-state index contributed by atoms with van der Waals surface area (Å²) >= 11 is 0. The van der Waals surface area contributed by atoms with E-state index in [-0.39, 0.29) is 17.3 Å². The molecule has 0 bridgehead atoms. The van der Waals surface area contributed by atoms with Crippen LogP contribution in [0.3, 0.4) is 0 Å². The topological polar surface area (TPSA) is 66.5 Å². The summed E-state index contributed by atoms with van der Waals surface area (Å²) in [4.78, 5) is 0. The van der Waals surface area contributed by atoms with Gasteiger partial charge in [0.2, 0.25) is 0 Å². The van der Waals surface area contributed by atoms with E-state index in [4.69, 9.17) is 4.52 Å². The molecule has 138 valence electrons. The predicted octanol–water partition coefficient (Wildman–Crippen LogP) is 5.73. The highest BCUT2D eigenvalue weighted by Crippen LogP contribution is 2.35. The average Bonchev–Trinajstić information content (AvgIpc) is 3.12. The Bertz CT molecular complexity index is 1050. The van der Waals surface area contributed by atoms with Gasteiger partial charge in [-0.05, 0) is 72.3 Å².